The normalized spacial score (nSPS) is 10.8. The Morgan fingerprint density at radius 3 is 2.62 bits per heavy atom. The molecule has 3 aromatic carbocycles. The third kappa shape index (κ3) is 6.67. The molecule has 0 spiro atoms. The van der Waals surface area contributed by atoms with E-state index >= 15 is 0 Å². The zero-order valence-electron chi connectivity index (χ0n) is 17.8. The molecule has 0 saturated heterocycles. The minimum Gasteiger partial charge on any atom is -0.507 e. The van der Waals surface area contributed by atoms with E-state index < -0.39 is 16.6 Å². The molecule has 0 aromatic heterocycles. The Hall–Kier alpha value is -3.19. The number of hydrogen-bond acceptors (Lipinski definition) is 7. The van der Waals surface area contributed by atoms with Crippen molar-refractivity contribution in [1.29, 1.82) is 0 Å². The van der Waals surface area contributed by atoms with Gasteiger partial charge in [-0.15, -0.1) is 0 Å². The highest BCUT2D eigenvalue weighted by molar-refractivity contribution is 14.1. The molecule has 0 aliphatic rings. The number of nitro benzene ring substituents is 1. The number of phenols is 1. The zero-order chi connectivity index (χ0) is 24.7. The maximum Gasteiger partial charge on any atom is 0.275 e. The van der Waals surface area contributed by atoms with E-state index in [2.05, 4.69) is 49.0 Å². The summed E-state index contributed by atoms with van der Waals surface area (Å²) < 4.78 is 13.5. The molecule has 0 saturated carbocycles. The summed E-state index contributed by atoms with van der Waals surface area (Å²) in [5, 5.41) is 24.7. The van der Waals surface area contributed by atoms with Crippen LogP contribution >= 0.6 is 38.5 Å². The van der Waals surface area contributed by atoms with Crippen LogP contribution in [0.25, 0.3) is 0 Å². The smallest absolute Gasteiger partial charge is 0.275 e. The second-order valence-electron chi connectivity index (χ2n) is 6.84. The predicted octanol–water partition coefficient (Wildman–Crippen LogP) is 5.41. The maximum absolute atomic E-state index is 12.3. The first kappa shape index (κ1) is 25.4. The second-order valence-corrected chi connectivity index (χ2v) is 8.91. The number of nitrogens with one attached hydrogen (secondary N) is 1. The molecule has 176 valence electrons. The van der Waals surface area contributed by atoms with Gasteiger partial charge in [0.1, 0.15) is 12.4 Å². The van der Waals surface area contributed by atoms with Crippen LogP contribution in [0.3, 0.4) is 0 Å². The molecule has 9 nitrogen and oxygen atoms in total. The summed E-state index contributed by atoms with van der Waals surface area (Å²) in [5.74, 6) is -0.0610. The van der Waals surface area contributed by atoms with Crippen LogP contribution in [0.5, 0.6) is 17.2 Å². The van der Waals surface area contributed by atoms with Crippen molar-refractivity contribution in [1.82, 2.24) is 5.43 Å². The van der Waals surface area contributed by atoms with Crippen LogP contribution in [0, 0.1) is 13.7 Å². The molecule has 0 heterocycles. The summed E-state index contributed by atoms with van der Waals surface area (Å²) in [6.07, 6.45) is 1.40. The zero-order valence-corrected chi connectivity index (χ0v) is 21.6. The summed E-state index contributed by atoms with van der Waals surface area (Å²) in [7, 11) is 0. The van der Waals surface area contributed by atoms with Crippen molar-refractivity contribution in [2.45, 2.75) is 13.5 Å². The number of benzene rings is 3. The van der Waals surface area contributed by atoms with Gasteiger partial charge < -0.3 is 14.6 Å². The largest absolute Gasteiger partial charge is 0.507 e. The Balaban J connectivity index is 1.74. The van der Waals surface area contributed by atoms with E-state index in [0.717, 1.165) is 31.8 Å². The Bertz CT molecular complexity index is 1230. The molecule has 0 unspecified atom stereocenters. The lowest BCUT2D eigenvalue weighted by molar-refractivity contribution is -0.384. The lowest BCUT2D eigenvalue weighted by Crippen LogP contribution is -2.18. The van der Waals surface area contributed by atoms with Gasteiger partial charge in [0, 0.05) is 16.6 Å². The van der Waals surface area contributed by atoms with E-state index in [1.807, 2.05) is 31.2 Å². The summed E-state index contributed by atoms with van der Waals surface area (Å²) in [5.41, 5.74) is 3.32. The van der Waals surface area contributed by atoms with Gasteiger partial charge in [-0.1, -0.05) is 28.1 Å². The minimum absolute atomic E-state index is 0.257. The van der Waals surface area contributed by atoms with Crippen LogP contribution in [0.4, 0.5) is 5.69 Å². The fraction of sp³-hybridized carbons (Fsp3) is 0.130. The van der Waals surface area contributed by atoms with Crippen LogP contribution in [-0.4, -0.2) is 28.8 Å². The standard InChI is InChI=1S/C23H19BrIN3O6/c1-2-33-21-10-15(9-19(25)22(21)34-13-14-3-5-16(24)6-4-14)12-26-27-23(30)18-11-17(28(31)32)7-8-20(18)29/h3-12,29H,2,13H2,1H3,(H,27,30)/b26-12-. The molecule has 1 amide bonds. The van der Waals surface area contributed by atoms with Gasteiger partial charge in [-0.25, -0.2) is 5.43 Å². The van der Waals surface area contributed by atoms with Gasteiger partial charge >= 0.3 is 0 Å². The topological polar surface area (TPSA) is 123 Å². The molecule has 3 aromatic rings. The molecule has 34 heavy (non-hydrogen) atoms. The van der Waals surface area contributed by atoms with Crippen LogP contribution in [0.15, 0.2) is 64.2 Å². The molecular formula is C23H19BrIN3O6. The van der Waals surface area contributed by atoms with E-state index in [1.54, 1.807) is 12.1 Å². The van der Waals surface area contributed by atoms with Crippen molar-refractivity contribution >= 4 is 56.3 Å². The van der Waals surface area contributed by atoms with E-state index in [1.165, 1.54) is 6.21 Å². The third-order valence-corrected chi connectivity index (χ3v) is 5.77. The van der Waals surface area contributed by atoms with Gasteiger partial charge in [0.15, 0.2) is 11.5 Å². The van der Waals surface area contributed by atoms with Crippen molar-refractivity contribution in [3.63, 3.8) is 0 Å². The Labute approximate surface area is 217 Å². The van der Waals surface area contributed by atoms with E-state index in [-0.39, 0.29) is 11.3 Å². The van der Waals surface area contributed by atoms with Gasteiger partial charge in [-0.05, 0) is 71.0 Å². The van der Waals surface area contributed by atoms with Gasteiger partial charge in [0.25, 0.3) is 11.6 Å². The molecule has 11 heteroatoms. The second kappa shape index (κ2) is 11.8. The number of rotatable bonds is 9. The number of carbonyl (C=O) groups excluding carboxylic acids is 1. The van der Waals surface area contributed by atoms with Crippen LogP contribution in [-0.2, 0) is 6.61 Å². The molecule has 2 N–H and O–H groups in total. The average Bonchev–Trinajstić information content (AvgIpc) is 2.80. The molecule has 0 atom stereocenters. The Morgan fingerprint density at radius 1 is 1.21 bits per heavy atom. The highest BCUT2D eigenvalue weighted by atomic mass is 127. The fourth-order valence-electron chi connectivity index (χ4n) is 2.85. The summed E-state index contributed by atoms with van der Waals surface area (Å²) >= 11 is 5.54. The number of aromatic hydroxyl groups is 1. The van der Waals surface area contributed by atoms with Crippen molar-refractivity contribution in [3.05, 3.63) is 89.4 Å². The maximum atomic E-state index is 12.3. The number of halogens is 2. The van der Waals surface area contributed by atoms with E-state index in [9.17, 15) is 20.0 Å². The van der Waals surface area contributed by atoms with Crippen LogP contribution in [0.1, 0.15) is 28.4 Å². The number of hydrogen-bond donors (Lipinski definition) is 2. The number of phenolic OH excluding ortho intramolecular Hbond substituents is 1. The number of ether oxygens (including phenoxy) is 2. The predicted molar refractivity (Wildman–Crippen MR) is 139 cm³/mol. The summed E-state index contributed by atoms with van der Waals surface area (Å²) in [6.45, 7) is 2.64. The number of amides is 1. The molecule has 0 aliphatic carbocycles. The van der Waals surface area contributed by atoms with E-state index in [4.69, 9.17) is 9.47 Å². The Kier molecular flexibility index (Phi) is 8.82. The van der Waals surface area contributed by atoms with Crippen molar-refractivity contribution in [3.8, 4) is 17.2 Å². The molecule has 0 bridgehead atoms. The van der Waals surface area contributed by atoms with E-state index in [0.29, 0.717) is 30.3 Å². The highest BCUT2D eigenvalue weighted by Gasteiger charge is 2.16. The first-order chi connectivity index (χ1) is 16.3. The van der Waals surface area contributed by atoms with Gasteiger partial charge in [0.2, 0.25) is 0 Å². The third-order valence-electron chi connectivity index (χ3n) is 4.44. The SMILES string of the molecule is CCOc1cc(/C=N\NC(=O)c2cc([N+](=O)[O-])ccc2O)cc(I)c1OCc1ccc(Br)cc1. The van der Waals surface area contributed by atoms with Gasteiger partial charge in [-0.2, -0.15) is 5.10 Å². The number of non-ortho nitro benzene ring substituents is 1. The number of nitro groups is 1. The summed E-state index contributed by atoms with van der Waals surface area (Å²) in [6, 6.07) is 14.5. The van der Waals surface area contributed by atoms with Crippen molar-refractivity contribution in [2.75, 3.05) is 6.61 Å². The first-order valence-electron chi connectivity index (χ1n) is 9.93. The lowest BCUT2D eigenvalue weighted by Gasteiger charge is -2.15. The molecule has 0 aliphatic heterocycles. The lowest BCUT2D eigenvalue weighted by atomic mass is 10.1. The monoisotopic (exact) mass is 639 g/mol. The molecular weight excluding hydrogens is 621 g/mol. The number of nitrogens with zero attached hydrogens (tertiary/aromatic N) is 2. The number of carbonyl (C=O) groups is 1. The fourth-order valence-corrected chi connectivity index (χ4v) is 3.89. The van der Waals surface area contributed by atoms with Crippen molar-refractivity contribution < 1.29 is 24.3 Å². The van der Waals surface area contributed by atoms with Gasteiger partial charge in [0.05, 0.1) is 26.9 Å². The number of hydrazone groups is 1. The highest BCUT2D eigenvalue weighted by Crippen LogP contribution is 2.34. The van der Waals surface area contributed by atoms with Crippen LogP contribution < -0.4 is 14.9 Å². The molecule has 0 radical (unpaired) electrons. The minimum atomic E-state index is -0.786. The van der Waals surface area contributed by atoms with Crippen LogP contribution in [0.2, 0.25) is 0 Å². The molecule has 0 fully saturated rings. The quantitative estimate of drug-likeness (QED) is 0.140. The average molecular weight is 640 g/mol. The first-order valence-corrected chi connectivity index (χ1v) is 11.8. The molecule has 3 rings (SSSR count). The Morgan fingerprint density at radius 2 is 1.94 bits per heavy atom. The van der Waals surface area contributed by atoms with Crippen molar-refractivity contribution in [2.24, 2.45) is 5.10 Å². The van der Waals surface area contributed by atoms with Gasteiger partial charge in [-0.3, -0.25) is 14.9 Å². The summed E-state index contributed by atoms with van der Waals surface area (Å²) in [4.78, 5) is 22.6.